The lowest BCUT2D eigenvalue weighted by Crippen LogP contribution is -2.53. The lowest BCUT2D eigenvalue weighted by atomic mass is 10.2. The van der Waals surface area contributed by atoms with Gasteiger partial charge in [-0.05, 0) is 14.1 Å². The Balaban J connectivity index is 0.000000500. The van der Waals surface area contributed by atoms with Crippen LogP contribution in [0.15, 0.2) is 0 Å². The number of alkyl halides is 2. The topological polar surface area (TPSA) is 43.8 Å². The zero-order valence-corrected chi connectivity index (χ0v) is 9.92. The van der Waals surface area contributed by atoms with Gasteiger partial charge in [-0.2, -0.15) is 0 Å². The fraction of sp³-hybridized carbons (Fsp3) is 0.875. The van der Waals surface area contributed by atoms with Crippen LogP contribution in [0.1, 0.15) is 0 Å². The number of rotatable bonds is 1. The highest BCUT2D eigenvalue weighted by Gasteiger charge is 2.27. The van der Waals surface area contributed by atoms with E-state index in [2.05, 4.69) is 0 Å². The van der Waals surface area contributed by atoms with Gasteiger partial charge in [0.25, 0.3) is 0 Å². The number of hydrogen-bond acceptors (Lipinski definition) is 3. The Kier molecular flexibility index (Phi) is 7.27. The minimum Gasteiger partial charge on any atom is -0.480 e. The lowest BCUT2D eigenvalue weighted by molar-refractivity contribution is -0.144. The molecule has 1 aliphatic heterocycles. The molecule has 1 rings (SSSR count). The molecule has 0 aliphatic carbocycles. The second-order valence-electron chi connectivity index (χ2n) is 3.20. The molecular weight excluding hydrogens is 227 g/mol. The highest BCUT2D eigenvalue weighted by Crippen LogP contribution is 2.05. The minimum atomic E-state index is -0.723. The van der Waals surface area contributed by atoms with E-state index in [-0.39, 0.29) is 11.4 Å². The number of carboxylic acids is 1. The van der Waals surface area contributed by atoms with E-state index in [1.54, 1.807) is 0 Å². The Bertz CT molecular complexity index is 181. The molecule has 6 heteroatoms. The largest absolute Gasteiger partial charge is 0.480 e. The van der Waals surface area contributed by atoms with Gasteiger partial charge in [-0.25, -0.2) is 0 Å². The molecule has 0 aromatic heterocycles. The molecule has 0 aromatic rings. The van der Waals surface area contributed by atoms with Gasteiger partial charge < -0.3 is 10.0 Å². The average Bonchev–Trinajstić information content (AvgIpc) is 2.10. The maximum absolute atomic E-state index is 10.6. The highest BCUT2D eigenvalue weighted by molar-refractivity contribution is 6.40. The third-order valence-corrected chi connectivity index (χ3v) is 2.14. The summed E-state index contributed by atoms with van der Waals surface area (Å²) < 4.78 is 0. The Hall–Kier alpha value is -0.0300. The summed E-state index contributed by atoms with van der Waals surface area (Å²) in [7, 11) is 3.80. The third kappa shape index (κ3) is 5.00. The summed E-state index contributed by atoms with van der Waals surface area (Å²) in [5.74, 6) is -0.723. The van der Waals surface area contributed by atoms with Gasteiger partial charge in [-0.15, -0.1) is 23.2 Å². The van der Waals surface area contributed by atoms with Crippen LogP contribution in [0.5, 0.6) is 0 Å². The predicted molar refractivity (Wildman–Crippen MR) is 58.1 cm³/mol. The van der Waals surface area contributed by atoms with Crippen LogP contribution in [0.25, 0.3) is 0 Å². The molecule has 84 valence electrons. The number of piperazine rings is 1. The van der Waals surface area contributed by atoms with Crippen molar-refractivity contribution in [1.82, 2.24) is 9.80 Å². The van der Waals surface area contributed by atoms with Crippen molar-refractivity contribution in [3.8, 4) is 0 Å². The second kappa shape index (κ2) is 7.29. The van der Waals surface area contributed by atoms with E-state index < -0.39 is 5.97 Å². The predicted octanol–water partition coefficient (Wildman–Crippen LogP) is 0.738. The van der Waals surface area contributed by atoms with Gasteiger partial charge in [0.05, 0.1) is 5.34 Å². The van der Waals surface area contributed by atoms with Crippen molar-refractivity contribution >= 4 is 29.2 Å². The van der Waals surface area contributed by atoms with Gasteiger partial charge in [-0.3, -0.25) is 9.69 Å². The molecule has 0 saturated carbocycles. The summed E-state index contributed by atoms with van der Waals surface area (Å²) in [5.41, 5.74) is 0. The maximum Gasteiger partial charge on any atom is 0.322 e. The van der Waals surface area contributed by atoms with E-state index in [9.17, 15) is 4.79 Å². The molecule has 1 unspecified atom stereocenters. The standard InChI is InChI=1S/C7H14N2O2.CH2Cl2/c1-8-3-4-9(2)6(5-8)7(10)11;2-1-3/h6H,3-5H2,1-2H3,(H,10,11);1H2. The zero-order valence-electron chi connectivity index (χ0n) is 8.41. The normalized spacial score (nSPS) is 23.9. The van der Waals surface area contributed by atoms with Crippen LogP contribution in [-0.4, -0.2) is 66.0 Å². The molecule has 0 spiro atoms. The third-order valence-electron chi connectivity index (χ3n) is 2.14. The fourth-order valence-corrected chi connectivity index (χ4v) is 1.28. The van der Waals surface area contributed by atoms with Gasteiger partial charge in [0.15, 0.2) is 0 Å². The summed E-state index contributed by atoms with van der Waals surface area (Å²) in [5, 5.41) is 8.95. The van der Waals surface area contributed by atoms with Crippen molar-refractivity contribution in [1.29, 1.82) is 0 Å². The summed E-state index contributed by atoms with van der Waals surface area (Å²) >= 11 is 9.53. The molecule has 1 aliphatic rings. The summed E-state index contributed by atoms with van der Waals surface area (Å²) in [6.07, 6.45) is 0. The second-order valence-corrected chi connectivity index (χ2v) is 4.01. The first-order valence-corrected chi connectivity index (χ1v) is 5.33. The van der Waals surface area contributed by atoms with Crippen LogP contribution in [0.4, 0.5) is 0 Å². The molecule has 0 radical (unpaired) electrons. The SMILES string of the molecule is CN1CCN(C)C(C(=O)O)C1.ClCCl. The molecule has 1 saturated heterocycles. The molecule has 1 atom stereocenters. The Morgan fingerprint density at radius 1 is 1.43 bits per heavy atom. The van der Waals surface area contributed by atoms with Gasteiger partial charge in [0.2, 0.25) is 0 Å². The van der Waals surface area contributed by atoms with Crippen LogP contribution in [0.2, 0.25) is 0 Å². The zero-order chi connectivity index (χ0) is 11.1. The highest BCUT2D eigenvalue weighted by atomic mass is 35.5. The molecule has 0 amide bonds. The number of likely N-dealkylation sites (N-methyl/N-ethyl adjacent to an activating group) is 2. The Morgan fingerprint density at radius 2 is 1.93 bits per heavy atom. The smallest absolute Gasteiger partial charge is 0.322 e. The summed E-state index contributed by atoms with van der Waals surface area (Å²) in [6.45, 7) is 2.43. The van der Waals surface area contributed by atoms with E-state index in [0.717, 1.165) is 13.1 Å². The monoisotopic (exact) mass is 242 g/mol. The van der Waals surface area contributed by atoms with Gasteiger partial charge in [-0.1, -0.05) is 0 Å². The molecule has 1 N–H and O–H groups in total. The number of halogens is 2. The van der Waals surface area contributed by atoms with Crippen LogP contribution in [0.3, 0.4) is 0 Å². The first-order valence-electron chi connectivity index (χ1n) is 4.26. The maximum atomic E-state index is 10.6. The molecule has 4 nitrogen and oxygen atoms in total. The number of aliphatic carboxylic acids is 1. The van der Waals surface area contributed by atoms with E-state index in [1.165, 1.54) is 0 Å². The average molecular weight is 243 g/mol. The van der Waals surface area contributed by atoms with Crippen LogP contribution >= 0.6 is 23.2 Å². The van der Waals surface area contributed by atoms with Gasteiger partial charge in [0.1, 0.15) is 6.04 Å². The Morgan fingerprint density at radius 3 is 2.29 bits per heavy atom. The van der Waals surface area contributed by atoms with E-state index >= 15 is 0 Å². The minimum absolute atomic E-state index is 0.194. The van der Waals surface area contributed by atoms with Crippen LogP contribution in [0, 0.1) is 0 Å². The van der Waals surface area contributed by atoms with Crippen molar-refractivity contribution in [2.75, 3.05) is 39.1 Å². The summed E-state index contributed by atoms with van der Waals surface area (Å²) in [6, 6.07) is -0.325. The first kappa shape index (κ1) is 14.0. The summed E-state index contributed by atoms with van der Waals surface area (Å²) in [4.78, 5) is 14.6. The number of carbonyl (C=O) groups is 1. The van der Waals surface area contributed by atoms with E-state index in [4.69, 9.17) is 28.3 Å². The number of nitrogens with zero attached hydrogens (tertiary/aromatic N) is 2. The number of carboxylic acid groups (broad SMARTS) is 1. The molecule has 14 heavy (non-hydrogen) atoms. The fourth-order valence-electron chi connectivity index (χ4n) is 1.28. The van der Waals surface area contributed by atoms with Crippen molar-refractivity contribution in [3.63, 3.8) is 0 Å². The van der Waals surface area contributed by atoms with E-state index in [1.807, 2.05) is 23.9 Å². The van der Waals surface area contributed by atoms with Crippen molar-refractivity contribution < 1.29 is 9.90 Å². The van der Waals surface area contributed by atoms with Crippen molar-refractivity contribution in [2.45, 2.75) is 6.04 Å². The Labute approximate surface area is 94.4 Å². The van der Waals surface area contributed by atoms with Gasteiger partial charge >= 0.3 is 5.97 Å². The van der Waals surface area contributed by atoms with Gasteiger partial charge in [0, 0.05) is 19.6 Å². The van der Waals surface area contributed by atoms with Crippen LogP contribution < -0.4 is 0 Å². The molecule has 0 bridgehead atoms. The molecular formula is C8H16Cl2N2O2. The lowest BCUT2D eigenvalue weighted by Gasteiger charge is -2.34. The first-order chi connectivity index (χ1) is 6.52. The van der Waals surface area contributed by atoms with Crippen LogP contribution in [-0.2, 0) is 4.79 Å². The molecule has 0 aromatic carbocycles. The van der Waals surface area contributed by atoms with Crippen molar-refractivity contribution in [3.05, 3.63) is 0 Å². The number of hydrogen-bond donors (Lipinski definition) is 1. The van der Waals surface area contributed by atoms with E-state index in [0.29, 0.717) is 6.54 Å². The molecule has 1 fully saturated rings. The quantitative estimate of drug-likeness (QED) is 0.690. The van der Waals surface area contributed by atoms with Crippen molar-refractivity contribution in [2.24, 2.45) is 0 Å². The molecule has 1 heterocycles.